The second-order valence-electron chi connectivity index (χ2n) is 4.75. The van der Waals surface area contributed by atoms with Crippen molar-refractivity contribution >= 4 is 11.6 Å². The van der Waals surface area contributed by atoms with Gasteiger partial charge in [0.05, 0.1) is 24.9 Å². The van der Waals surface area contributed by atoms with Crippen molar-refractivity contribution in [3.8, 4) is 0 Å². The molecular formula is C13H18F3N3O2. The molecule has 0 spiro atoms. The minimum absolute atomic E-state index is 0.171. The molecule has 118 valence electrons. The van der Waals surface area contributed by atoms with Crippen molar-refractivity contribution in [3.63, 3.8) is 0 Å². The molecule has 1 aliphatic heterocycles. The molecule has 5 nitrogen and oxygen atoms in total. The summed E-state index contributed by atoms with van der Waals surface area (Å²) in [5, 5.41) is 11.9. The van der Waals surface area contributed by atoms with Crippen molar-refractivity contribution in [2.45, 2.75) is 19.2 Å². The third-order valence-corrected chi connectivity index (χ3v) is 3.16. The molecule has 1 fully saturated rings. The third-order valence-electron chi connectivity index (χ3n) is 3.16. The van der Waals surface area contributed by atoms with E-state index in [-0.39, 0.29) is 18.2 Å². The number of pyridine rings is 1. The number of halogens is 3. The Kier molecular flexibility index (Phi) is 4.89. The Morgan fingerprint density at radius 3 is 2.86 bits per heavy atom. The summed E-state index contributed by atoms with van der Waals surface area (Å²) >= 11 is 0. The molecule has 0 radical (unpaired) electrons. The summed E-state index contributed by atoms with van der Waals surface area (Å²) < 4.78 is 44.2. The molecule has 1 aromatic rings. The van der Waals surface area contributed by atoms with Crippen LogP contribution in [0.25, 0.3) is 0 Å². The van der Waals surface area contributed by atoms with Crippen LogP contribution in [0.15, 0.2) is 12.1 Å². The fourth-order valence-electron chi connectivity index (χ4n) is 2.15. The van der Waals surface area contributed by atoms with Gasteiger partial charge in [0, 0.05) is 19.6 Å². The molecule has 8 heteroatoms. The van der Waals surface area contributed by atoms with Crippen LogP contribution in [0.2, 0.25) is 0 Å². The van der Waals surface area contributed by atoms with E-state index in [1.54, 1.807) is 11.8 Å². The van der Waals surface area contributed by atoms with Crippen LogP contribution in [0.5, 0.6) is 0 Å². The molecule has 1 saturated heterocycles. The van der Waals surface area contributed by atoms with Crippen LogP contribution in [-0.4, -0.2) is 49.0 Å². The Morgan fingerprint density at radius 1 is 1.48 bits per heavy atom. The molecule has 2 N–H and O–H groups in total. The van der Waals surface area contributed by atoms with Gasteiger partial charge in [0.1, 0.15) is 11.6 Å². The first-order valence-electron chi connectivity index (χ1n) is 6.74. The highest BCUT2D eigenvalue weighted by atomic mass is 19.4. The number of anilines is 2. The largest absolute Gasteiger partial charge is 0.416 e. The number of rotatable bonds is 4. The van der Waals surface area contributed by atoms with Crippen LogP contribution in [0.3, 0.4) is 0 Å². The Balaban J connectivity index is 2.31. The van der Waals surface area contributed by atoms with Crippen LogP contribution < -0.4 is 10.2 Å². The number of morpholine rings is 1. The number of ether oxygens (including phenoxy) is 1. The van der Waals surface area contributed by atoms with Gasteiger partial charge in [-0.3, -0.25) is 0 Å². The summed E-state index contributed by atoms with van der Waals surface area (Å²) in [6.07, 6.45) is -4.83. The normalized spacial score (nSPS) is 19.7. The van der Waals surface area contributed by atoms with Gasteiger partial charge in [0.2, 0.25) is 0 Å². The molecule has 0 aliphatic carbocycles. The standard InChI is InChI=1S/C13H18F3N3O2/c1-2-17-11-5-9(13(14,15)16)6-12(18-11)19-3-4-21-10(7-19)8-20/h5-6,10,20H,2-4,7-8H2,1H3,(H,17,18). The van der Waals surface area contributed by atoms with Crippen molar-refractivity contribution in [1.29, 1.82) is 0 Å². The average molecular weight is 305 g/mol. The molecule has 2 heterocycles. The van der Waals surface area contributed by atoms with Gasteiger partial charge in [-0.1, -0.05) is 0 Å². The molecule has 0 saturated carbocycles. The smallest absolute Gasteiger partial charge is 0.394 e. The number of aliphatic hydroxyl groups is 1. The quantitative estimate of drug-likeness (QED) is 0.887. The predicted molar refractivity (Wildman–Crippen MR) is 72.4 cm³/mol. The lowest BCUT2D eigenvalue weighted by Gasteiger charge is -2.33. The molecule has 0 aromatic carbocycles. The summed E-state index contributed by atoms with van der Waals surface area (Å²) in [6.45, 7) is 3.20. The second-order valence-corrected chi connectivity index (χ2v) is 4.75. The fraction of sp³-hybridized carbons (Fsp3) is 0.615. The van der Waals surface area contributed by atoms with E-state index in [2.05, 4.69) is 10.3 Å². The maximum Gasteiger partial charge on any atom is 0.416 e. The highest BCUT2D eigenvalue weighted by Crippen LogP contribution is 2.33. The van der Waals surface area contributed by atoms with Gasteiger partial charge in [-0.25, -0.2) is 4.98 Å². The SMILES string of the molecule is CCNc1cc(C(F)(F)F)cc(N2CCOC(CO)C2)n1. The number of nitrogens with zero attached hydrogens (tertiary/aromatic N) is 2. The lowest BCUT2D eigenvalue weighted by atomic mass is 10.2. The number of aromatic nitrogens is 1. The van der Waals surface area contributed by atoms with Crippen molar-refractivity contribution in [2.24, 2.45) is 0 Å². The van der Waals surface area contributed by atoms with Gasteiger partial charge in [0.25, 0.3) is 0 Å². The Bertz CT molecular complexity index is 482. The van der Waals surface area contributed by atoms with Crippen molar-refractivity contribution in [3.05, 3.63) is 17.7 Å². The summed E-state index contributed by atoms with van der Waals surface area (Å²) in [6, 6.07) is 2.03. The first kappa shape index (κ1) is 15.8. The number of aliphatic hydroxyl groups excluding tert-OH is 1. The Morgan fingerprint density at radius 2 is 2.24 bits per heavy atom. The van der Waals surface area contributed by atoms with Gasteiger partial charge < -0.3 is 20.1 Å². The second kappa shape index (κ2) is 6.48. The topological polar surface area (TPSA) is 57.6 Å². The molecule has 0 amide bonds. The minimum Gasteiger partial charge on any atom is -0.394 e. The lowest BCUT2D eigenvalue weighted by molar-refractivity contribution is -0.137. The number of alkyl halides is 3. The van der Waals surface area contributed by atoms with E-state index in [1.807, 2.05) is 0 Å². The summed E-state index contributed by atoms with van der Waals surface area (Å²) in [4.78, 5) is 5.90. The van der Waals surface area contributed by atoms with E-state index in [4.69, 9.17) is 9.84 Å². The van der Waals surface area contributed by atoms with Crippen molar-refractivity contribution in [2.75, 3.05) is 43.1 Å². The van der Waals surface area contributed by atoms with E-state index in [1.165, 1.54) is 0 Å². The van der Waals surface area contributed by atoms with Crippen molar-refractivity contribution in [1.82, 2.24) is 4.98 Å². The first-order valence-corrected chi connectivity index (χ1v) is 6.74. The maximum absolute atomic E-state index is 13.0. The van der Waals surface area contributed by atoms with E-state index < -0.39 is 17.8 Å². The number of hydrogen-bond acceptors (Lipinski definition) is 5. The van der Waals surface area contributed by atoms with E-state index in [0.717, 1.165) is 12.1 Å². The highest BCUT2D eigenvalue weighted by Gasteiger charge is 2.32. The first-order chi connectivity index (χ1) is 9.94. The van der Waals surface area contributed by atoms with Crippen molar-refractivity contribution < 1.29 is 23.0 Å². The van der Waals surface area contributed by atoms with Gasteiger partial charge in [-0.05, 0) is 19.1 Å². The zero-order valence-corrected chi connectivity index (χ0v) is 11.7. The fourth-order valence-corrected chi connectivity index (χ4v) is 2.15. The lowest BCUT2D eigenvalue weighted by Crippen LogP contribution is -2.44. The molecule has 21 heavy (non-hydrogen) atoms. The maximum atomic E-state index is 13.0. The van der Waals surface area contributed by atoms with Crippen LogP contribution in [0, 0.1) is 0 Å². The van der Waals surface area contributed by atoms with Crippen LogP contribution in [0.1, 0.15) is 12.5 Å². The highest BCUT2D eigenvalue weighted by molar-refractivity contribution is 5.51. The van der Waals surface area contributed by atoms with Gasteiger partial charge in [-0.15, -0.1) is 0 Å². The number of hydrogen-bond donors (Lipinski definition) is 2. The summed E-state index contributed by atoms with van der Waals surface area (Å²) in [5.41, 5.74) is -0.740. The van der Waals surface area contributed by atoms with Crippen LogP contribution in [-0.2, 0) is 10.9 Å². The van der Waals surface area contributed by atoms with Gasteiger partial charge >= 0.3 is 6.18 Å². The van der Waals surface area contributed by atoms with E-state index >= 15 is 0 Å². The predicted octanol–water partition coefficient (Wildman–Crippen LogP) is 1.73. The molecule has 0 bridgehead atoms. The zero-order chi connectivity index (χ0) is 15.5. The average Bonchev–Trinajstić information content (AvgIpc) is 2.46. The molecule has 1 atom stereocenters. The molecule has 1 aliphatic rings. The minimum atomic E-state index is -4.43. The van der Waals surface area contributed by atoms with E-state index in [9.17, 15) is 13.2 Å². The Labute approximate surface area is 120 Å². The zero-order valence-electron chi connectivity index (χ0n) is 11.7. The Hall–Kier alpha value is -1.54. The summed E-state index contributed by atoms with van der Waals surface area (Å²) in [7, 11) is 0. The van der Waals surface area contributed by atoms with Crippen LogP contribution >= 0.6 is 0 Å². The van der Waals surface area contributed by atoms with Gasteiger partial charge in [-0.2, -0.15) is 13.2 Å². The molecule has 1 aromatic heterocycles. The molecular weight excluding hydrogens is 287 g/mol. The third kappa shape index (κ3) is 3.98. The molecule has 1 unspecified atom stereocenters. The molecule has 2 rings (SSSR count). The number of nitrogens with one attached hydrogen (secondary N) is 1. The summed E-state index contributed by atoms with van der Waals surface area (Å²) in [5.74, 6) is 0.428. The van der Waals surface area contributed by atoms with Gasteiger partial charge in [0.15, 0.2) is 0 Å². The van der Waals surface area contributed by atoms with Crippen LogP contribution in [0.4, 0.5) is 24.8 Å². The van der Waals surface area contributed by atoms with E-state index in [0.29, 0.717) is 26.2 Å². The monoisotopic (exact) mass is 305 g/mol.